The van der Waals surface area contributed by atoms with Gasteiger partial charge in [-0.1, -0.05) is 0 Å². The number of nitrogens with zero attached hydrogens (tertiary/aromatic N) is 1. The van der Waals surface area contributed by atoms with E-state index in [-0.39, 0.29) is 6.09 Å². The summed E-state index contributed by atoms with van der Waals surface area (Å²) in [5.74, 6) is 0.693. The van der Waals surface area contributed by atoms with Crippen LogP contribution in [0.5, 0.6) is 0 Å². The Morgan fingerprint density at radius 2 is 2.06 bits per heavy atom. The molecular formula is C13H24N2O2. The molecule has 2 aliphatic heterocycles. The highest BCUT2D eigenvalue weighted by molar-refractivity contribution is 5.67. The smallest absolute Gasteiger partial charge is 0.409 e. The largest absolute Gasteiger partial charge is 0.449 e. The van der Waals surface area contributed by atoms with Gasteiger partial charge in [-0.15, -0.1) is 0 Å². The molecule has 2 aliphatic rings. The molecule has 4 heteroatoms. The van der Waals surface area contributed by atoms with Crippen molar-refractivity contribution in [2.75, 3.05) is 32.8 Å². The van der Waals surface area contributed by atoms with Gasteiger partial charge in [-0.05, 0) is 57.5 Å². The topological polar surface area (TPSA) is 41.6 Å². The number of amides is 1. The number of rotatable bonds is 3. The fourth-order valence-corrected chi connectivity index (χ4v) is 2.65. The SMILES string of the molecule is O=C(OCCC1CCCNC1)N1CCCCC1. The van der Waals surface area contributed by atoms with Gasteiger partial charge in [0.15, 0.2) is 0 Å². The van der Waals surface area contributed by atoms with E-state index in [1.165, 1.54) is 19.3 Å². The van der Waals surface area contributed by atoms with E-state index in [1.807, 2.05) is 4.90 Å². The molecule has 1 N–H and O–H groups in total. The lowest BCUT2D eigenvalue weighted by Gasteiger charge is -2.27. The molecule has 1 amide bonds. The predicted molar refractivity (Wildman–Crippen MR) is 67.0 cm³/mol. The molecular weight excluding hydrogens is 216 g/mol. The molecule has 17 heavy (non-hydrogen) atoms. The van der Waals surface area contributed by atoms with Crippen LogP contribution >= 0.6 is 0 Å². The number of piperidine rings is 2. The molecule has 0 radical (unpaired) electrons. The second kappa shape index (κ2) is 6.84. The molecule has 0 aromatic rings. The highest BCUT2D eigenvalue weighted by atomic mass is 16.6. The Morgan fingerprint density at radius 1 is 1.24 bits per heavy atom. The Morgan fingerprint density at radius 3 is 2.76 bits per heavy atom. The summed E-state index contributed by atoms with van der Waals surface area (Å²) in [6, 6.07) is 0. The van der Waals surface area contributed by atoms with Gasteiger partial charge < -0.3 is 15.0 Å². The third kappa shape index (κ3) is 4.19. The maximum atomic E-state index is 11.7. The number of carbonyl (C=O) groups excluding carboxylic acids is 1. The van der Waals surface area contributed by atoms with E-state index in [4.69, 9.17) is 4.74 Å². The van der Waals surface area contributed by atoms with Gasteiger partial charge in [0.1, 0.15) is 0 Å². The van der Waals surface area contributed by atoms with Crippen molar-refractivity contribution >= 4 is 6.09 Å². The van der Waals surface area contributed by atoms with Gasteiger partial charge in [-0.3, -0.25) is 0 Å². The molecule has 2 heterocycles. The van der Waals surface area contributed by atoms with Crippen molar-refractivity contribution in [2.45, 2.75) is 38.5 Å². The average molecular weight is 240 g/mol. The van der Waals surface area contributed by atoms with Crippen LogP contribution in [-0.2, 0) is 4.74 Å². The predicted octanol–water partition coefficient (Wildman–Crippen LogP) is 2.00. The first kappa shape index (κ1) is 12.7. The quantitative estimate of drug-likeness (QED) is 0.820. The molecule has 0 saturated carbocycles. The van der Waals surface area contributed by atoms with E-state index < -0.39 is 0 Å². The Bertz CT molecular complexity index is 234. The Balaban J connectivity index is 1.58. The van der Waals surface area contributed by atoms with Crippen molar-refractivity contribution in [3.8, 4) is 0 Å². The van der Waals surface area contributed by atoms with Crippen molar-refractivity contribution < 1.29 is 9.53 Å². The van der Waals surface area contributed by atoms with Crippen LogP contribution in [0.4, 0.5) is 4.79 Å². The summed E-state index contributed by atoms with van der Waals surface area (Å²) in [4.78, 5) is 13.6. The lowest BCUT2D eigenvalue weighted by molar-refractivity contribution is 0.0887. The first-order chi connectivity index (χ1) is 8.36. The summed E-state index contributed by atoms with van der Waals surface area (Å²) in [6.07, 6.45) is 6.93. The number of ether oxygens (including phenoxy) is 1. The van der Waals surface area contributed by atoms with Crippen LogP contribution in [0.25, 0.3) is 0 Å². The Labute approximate surface area is 104 Å². The summed E-state index contributed by atoms with van der Waals surface area (Å²) in [5.41, 5.74) is 0. The van der Waals surface area contributed by atoms with Crippen LogP contribution in [0.2, 0.25) is 0 Å². The lowest BCUT2D eigenvalue weighted by Crippen LogP contribution is -2.36. The molecule has 2 rings (SSSR count). The second-order valence-electron chi connectivity index (χ2n) is 5.16. The first-order valence-corrected chi connectivity index (χ1v) is 6.98. The summed E-state index contributed by atoms with van der Waals surface area (Å²) < 4.78 is 5.34. The van der Waals surface area contributed by atoms with Gasteiger partial charge in [0, 0.05) is 13.1 Å². The zero-order chi connectivity index (χ0) is 11.9. The van der Waals surface area contributed by atoms with Crippen LogP contribution < -0.4 is 5.32 Å². The fourth-order valence-electron chi connectivity index (χ4n) is 2.65. The number of likely N-dealkylation sites (tertiary alicyclic amines) is 1. The van der Waals surface area contributed by atoms with E-state index in [9.17, 15) is 4.79 Å². The van der Waals surface area contributed by atoms with Gasteiger partial charge >= 0.3 is 6.09 Å². The van der Waals surface area contributed by atoms with Crippen molar-refractivity contribution in [3.63, 3.8) is 0 Å². The molecule has 1 unspecified atom stereocenters. The molecule has 2 fully saturated rings. The van der Waals surface area contributed by atoms with E-state index in [2.05, 4.69) is 5.32 Å². The van der Waals surface area contributed by atoms with Gasteiger partial charge in [0.05, 0.1) is 6.61 Å². The molecule has 0 spiro atoms. The van der Waals surface area contributed by atoms with Crippen LogP contribution in [0.1, 0.15) is 38.5 Å². The minimum Gasteiger partial charge on any atom is -0.449 e. The number of nitrogens with one attached hydrogen (secondary N) is 1. The van der Waals surface area contributed by atoms with Crippen LogP contribution in [-0.4, -0.2) is 43.8 Å². The van der Waals surface area contributed by atoms with Crippen LogP contribution in [0.15, 0.2) is 0 Å². The summed E-state index contributed by atoms with van der Waals surface area (Å²) in [5, 5.41) is 3.39. The molecule has 0 aromatic heterocycles. The van der Waals surface area contributed by atoms with Crippen molar-refractivity contribution in [1.29, 1.82) is 0 Å². The highest BCUT2D eigenvalue weighted by Gasteiger charge is 2.18. The van der Waals surface area contributed by atoms with Crippen molar-refractivity contribution in [1.82, 2.24) is 10.2 Å². The maximum absolute atomic E-state index is 11.7. The lowest BCUT2D eigenvalue weighted by atomic mass is 9.97. The standard InChI is InChI=1S/C13H24N2O2/c16-13(15-8-2-1-3-9-15)17-10-6-12-5-4-7-14-11-12/h12,14H,1-11H2. The van der Waals surface area contributed by atoms with E-state index >= 15 is 0 Å². The summed E-state index contributed by atoms with van der Waals surface area (Å²) >= 11 is 0. The van der Waals surface area contributed by atoms with Crippen molar-refractivity contribution in [3.05, 3.63) is 0 Å². The number of hydrogen-bond acceptors (Lipinski definition) is 3. The first-order valence-electron chi connectivity index (χ1n) is 6.98. The van der Waals surface area contributed by atoms with Crippen molar-refractivity contribution in [2.24, 2.45) is 5.92 Å². The molecule has 98 valence electrons. The minimum absolute atomic E-state index is 0.103. The second-order valence-corrected chi connectivity index (χ2v) is 5.16. The third-order valence-electron chi connectivity index (χ3n) is 3.76. The molecule has 4 nitrogen and oxygen atoms in total. The van der Waals surface area contributed by atoms with Gasteiger partial charge in [-0.25, -0.2) is 4.79 Å². The number of carbonyl (C=O) groups is 1. The Hall–Kier alpha value is -0.770. The zero-order valence-corrected chi connectivity index (χ0v) is 10.6. The Kier molecular flexibility index (Phi) is 5.10. The maximum Gasteiger partial charge on any atom is 0.409 e. The molecule has 0 aromatic carbocycles. The summed E-state index contributed by atoms with van der Waals surface area (Å²) in [6.45, 7) is 4.57. The van der Waals surface area contributed by atoms with Gasteiger partial charge in [0.2, 0.25) is 0 Å². The average Bonchev–Trinajstić information content (AvgIpc) is 2.41. The minimum atomic E-state index is -0.103. The molecule has 0 bridgehead atoms. The van der Waals surface area contributed by atoms with E-state index in [0.717, 1.165) is 45.4 Å². The normalized spacial score (nSPS) is 25.6. The monoisotopic (exact) mass is 240 g/mol. The fraction of sp³-hybridized carbons (Fsp3) is 0.923. The van der Waals surface area contributed by atoms with Gasteiger partial charge in [-0.2, -0.15) is 0 Å². The third-order valence-corrected chi connectivity index (χ3v) is 3.76. The van der Waals surface area contributed by atoms with Crippen LogP contribution in [0, 0.1) is 5.92 Å². The van der Waals surface area contributed by atoms with E-state index in [0.29, 0.717) is 12.5 Å². The molecule has 1 atom stereocenters. The highest BCUT2D eigenvalue weighted by Crippen LogP contribution is 2.15. The molecule has 2 saturated heterocycles. The summed E-state index contributed by atoms with van der Waals surface area (Å²) in [7, 11) is 0. The van der Waals surface area contributed by atoms with Crippen LogP contribution in [0.3, 0.4) is 0 Å². The van der Waals surface area contributed by atoms with Gasteiger partial charge in [0.25, 0.3) is 0 Å². The zero-order valence-electron chi connectivity index (χ0n) is 10.6. The van der Waals surface area contributed by atoms with E-state index in [1.54, 1.807) is 0 Å². The number of hydrogen-bond donors (Lipinski definition) is 1. The molecule has 0 aliphatic carbocycles.